The van der Waals surface area contributed by atoms with E-state index in [1.807, 2.05) is 42.6 Å². The van der Waals surface area contributed by atoms with Crippen molar-refractivity contribution >= 4 is 11.6 Å². The minimum absolute atomic E-state index is 0.522. The zero-order chi connectivity index (χ0) is 17.1. The molecule has 3 heterocycles. The first-order valence-electron chi connectivity index (χ1n) is 8.49. The van der Waals surface area contributed by atoms with Gasteiger partial charge in [0.2, 0.25) is 0 Å². The fourth-order valence-electron chi connectivity index (χ4n) is 3.13. The van der Waals surface area contributed by atoms with E-state index >= 15 is 0 Å². The third-order valence-corrected chi connectivity index (χ3v) is 4.41. The van der Waals surface area contributed by atoms with Gasteiger partial charge >= 0.3 is 0 Å². The standard InChI is InChI=1S/C19H18N6/c20-12-16(19-23-22-18-9-5-2-6-10-24(18)19)11-15-13-21-25(14-15)17-7-3-1-4-8-17/h1,3-4,7-8,11,13-14H,2,5-6,9-10H2. The van der Waals surface area contributed by atoms with Crippen LogP contribution in [0.1, 0.15) is 36.5 Å². The molecule has 1 aliphatic heterocycles. The van der Waals surface area contributed by atoms with Crippen LogP contribution in [0.15, 0.2) is 42.7 Å². The molecule has 0 aliphatic carbocycles. The molecule has 0 fully saturated rings. The molecule has 0 saturated heterocycles. The highest BCUT2D eigenvalue weighted by molar-refractivity contribution is 5.87. The molecule has 4 rings (SSSR count). The maximum Gasteiger partial charge on any atom is 0.174 e. The SMILES string of the molecule is N#CC(=Cc1cnn(-c2ccccc2)c1)c1nnc2n1CCCCC2. The summed E-state index contributed by atoms with van der Waals surface area (Å²) < 4.78 is 3.88. The van der Waals surface area contributed by atoms with Crippen LogP contribution in [-0.4, -0.2) is 24.5 Å². The van der Waals surface area contributed by atoms with E-state index < -0.39 is 0 Å². The topological polar surface area (TPSA) is 72.3 Å². The number of nitriles is 1. The Bertz CT molecular complexity index is 942. The molecule has 124 valence electrons. The minimum atomic E-state index is 0.522. The normalized spacial score (nSPS) is 14.6. The summed E-state index contributed by atoms with van der Waals surface area (Å²) >= 11 is 0. The molecule has 3 aromatic rings. The monoisotopic (exact) mass is 330 g/mol. The number of aromatic nitrogens is 5. The highest BCUT2D eigenvalue weighted by Gasteiger charge is 2.17. The molecule has 6 heteroatoms. The predicted molar refractivity (Wildman–Crippen MR) is 94.6 cm³/mol. The maximum absolute atomic E-state index is 9.63. The van der Waals surface area contributed by atoms with Gasteiger partial charge in [-0.25, -0.2) is 4.68 Å². The average Bonchev–Trinajstić information content (AvgIpc) is 3.21. The van der Waals surface area contributed by atoms with E-state index in [4.69, 9.17) is 0 Å². The number of fused-ring (bicyclic) bond motifs is 1. The molecule has 0 N–H and O–H groups in total. The zero-order valence-electron chi connectivity index (χ0n) is 13.8. The Labute approximate surface area is 146 Å². The summed E-state index contributed by atoms with van der Waals surface area (Å²) in [7, 11) is 0. The Balaban J connectivity index is 1.67. The van der Waals surface area contributed by atoms with Crippen LogP contribution in [0.25, 0.3) is 17.3 Å². The van der Waals surface area contributed by atoms with Crippen molar-refractivity contribution in [2.45, 2.75) is 32.2 Å². The Morgan fingerprint density at radius 2 is 2.00 bits per heavy atom. The number of allylic oxidation sites excluding steroid dienone is 1. The molecule has 0 atom stereocenters. The van der Waals surface area contributed by atoms with Gasteiger partial charge in [0, 0.05) is 24.7 Å². The molecule has 0 saturated carbocycles. The van der Waals surface area contributed by atoms with Gasteiger partial charge in [0.15, 0.2) is 5.82 Å². The predicted octanol–water partition coefficient (Wildman–Crippen LogP) is 3.25. The Kier molecular flexibility index (Phi) is 4.13. The van der Waals surface area contributed by atoms with E-state index in [-0.39, 0.29) is 0 Å². The second-order valence-electron chi connectivity index (χ2n) is 6.13. The van der Waals surface area contributed by atoms with Gasteiger partial charge in [0.25, 0.3) is 0 Å². The van der Waals surface area contributed by atoms with E-state index in [1.54, 1.807) is 10.9 Å². The number of hydrogen-bond donors (Lipinski definition) is 0. The Morgan fingerprint density at radius 3 is 2.84 bits per heavy atom. The summed E-state index contributed by atoms with van der Waals surface area (Å²) in [6, 6.07) is 12.2. The van der Waals surface area contributed by atoms with Crippen molar-refractivity contribution < 1.29 is 0 Å². The molecule has 1 aromatic carbocycles. The van der Waals surface area contributed by atoms with Gasteiger partial charge in [-0.3, -0.25) is 0 Å². The van der Waals surface area contributed by atoms with Crippen molar-refractivity contribution in [2.24, 2.45) is 0 Å². The van der Waals surface area contributed by atoms with Crippen LogP contribution >= 0.6 is 0 Å². The van der Waals surface area contributed by atoms with Gasteiger partial charge in [0.05, 0.1) is 17.5 Å². The molecule has 0 radical (unpaired) electrons. The fourth-order valence-corrected chi connectivity index (χ4v) is 3.13. The van der Waals surface area contributed by atoms with Crippen LogP contribution in [0, 0.1) is 11.3 Å². The molecule has 0 bridgehead atoms. The summed E-state index contributed by atoms with van der Waals surface area (Å²) in [5.74, 6) is 1.64. The lowest BCUT2D eigenvalue weighted by Crippen LogP contribution is -2.05. The quantitative estimate of drug-likeness (QED) is 0.691. The van der Waals surface area contributed by atoms with Gasteiger partial charge in [-0.05, 0) is 31.1 Å². The first kappa shape index (κ1) is 15.3. The van der Waals surface area contributed by atoms with Crippen molar-refractivity contribution in [3.8, 4) is 11.8 Å². The smallest absolute Gasteiger partial charge is 0.174 e. The molecular formula is C19H18N6. The van der Waals surface area contributed by atoms with Crippen molar-refractivity contribution in [3.63, 3.8) is 0 Å². The van der Waals surface area contributed by atoms with Crippen molar-refractivity contribution in [1.82, 2.24) is 24.5 Å². The maximum atomic E-state index is 9.63. The van der Waals surface area contributed by atoms with Crippen molar-refractivity contribution in [2.75, 3.05) is 0 Å². The fraction of sp³-hybridized carbons (Fsp3) is 0.263. The van der Waals surface area contributed by atoms with Crippen molar-refractivity contribution in [3.05, 3.63) is 59.9 Å². The van der Waals surface area contributed by atoms with Crippen molar-refractivity contribution in [1.29, 1.82) is 5.26 Å². The highest BCUT2D eigenvalue weighted by atomic mass is 15.3. The molecule has 1 aliphatic rings. The summed E-state index contributed by atoms with van der Waals surface area (Å²) in [6.45, 7) is 0.875. The second-order valence-corrected chi connectivity index (χ2v) is 6.13. The van der Waals surface area contributed by atoms with Crippen LogP contribution in [0.2, 0.25) is 0 Å². The first-order valence-corrected chi connectivity index (χ1v) is 8.49. The number of hydrogen-bond acceptors (Lipinski definition) is 4. The molecular weight excluding hydrogens is 312 g/mol. The zero-order valence-corrected chi connectivity index (χ0v) is 13.8. The van der Waals surface area contributed by atoms with Gasteiger partial charge in [-0.15, -0.1) is 10.2 Å². The van der Waals surface area contributed by atoms with Crippen LogP contribution in [0.3, 0.4) is 0 Å². The number of nitrogens with zero attached hydrogens (tertiary/aromatic N) is 6. The van der Waals surface area contributed by atoms with Gasteiger partial charge in [-0.1, -0.05) is 24.6 Å². The van der Waals surface area contributed by atoms with Gasteiger partial charge < -0.3 is 4.57 Å². The lowest BCUT2D eigenvalue weighted by atomic mass is 10.2. The van der Waals surface area contributed by atoms with Gasteiger partial charge in [0.1, 0.15) is 11.9 Å². The van der Waals surface area contributed by atoms with E-state index in [2.05, 4.69) is 25.9 Å². The number of aryl methyl sites for hydroxylation is 1. The van der Waals surface area contributed by atoms with E-state index in [0.717, 1.165) is 42.9 Å². The summed E-state index contributed by atoms with van der Waals surface area (Å²) in [4.78, 5) is 0. The lowest BCUT2D eigenvalue weighted by Gasteiger charge is -2.05. The largest absolute Gasteiger partial charge is 0.310 e. The van der Waals surface area contributed by atoms with Crippen LogP contribution < -0.4 is 0 Å². The van der Waals surface area contributed by atoms with Gasteiger partial charge in [-0.2, -0.15) is 10.4 Å². The molecule has 25 heavy (non-hydrogen) atoms. The van der Waals surface area contributed by atoms with Crippen LogP contribution in [0.4, 0.5) is 0 Å². The van der Waals surface area contributed by atoms with E-state index in [9.17, 15) is 5.26 Å². The average molecular weight is 330 g/mol. The number of rotatable bonds is 3. The summed E-state index contributed by atoms with van der Waals surface area (Å²) in [5.41, 5.74) is 2.37. The van der Waals surface area contributed by atoms with Crippen LogP contribution in [0.5, 0.6) is 0 Å². The second kappa shape index (κ2) is 6.73. The van der Waals surface area contributed by atoms with E-state index in [1.165, 1.54) is 6.42 Å². The number of para-hydroxylation sites is 1. The third kappa shape index (κ3) is 3.09. The minimum Gasteiger partial charge on any atom is -0.310 e. The van der Waals surface area contributed by atoms with E-state index in [0.29, 0.717) is 11.4 Å². The molecule has 0 amide bonds. The molecule has 6 nitrogen and oxygen atoms in total. The first-order chi connectivity index (χ1) is 12.3. The highest BCUT2D eigenvalue weighted by Crippen LogP contribution is 2.21. The number of benzene rings is 1. The molecule has 2 aromatic heterocycles. The lowest BCUT2D eigenvalue weighted by molar-refractivity contribution is 0.627. The third-order valence-electron chi connectivity index (χ3n) is 4.41. The summed E-state index contributed by atoms with van der Waals surface area (Å²) in [5, 5.41) is 22.6. The summed E-state index contributed by atoms with van der Waals surface area (Å²) in [6.07, 6.45) is 9.84. The Hall–Kier alpha value is -3.20. The Morgan fingerprint density at radius 1 is 1.12 bits per heavy atom. The van der Waals surface area contributed by atoms with Crippen LogP contribution in [-0.2, 0) is 13.0 Å². The molecule has 0 unspecified atom stereocenters. The molecule has 0 spiro atoms.